The molecule has 106 valence electrons. The minimum Gasteiger partial charge on any atom is -0.369 e. The molecule has 4 N–H and O–H groups in total. The Morgan fingerprint density at radius 2 is 2.17 bits per heavy atom. The molecule has 18 heavy (non-hydrogen) atoms. The van der Waals surface area contributed by atoms with Crippen LogP contribution in [0.2, 0.25) is 0 Å². The first-order valence-corrected chi connectivity index (χ1v) is 7.50. The van der Waals surface area contributed by atoms with Crippen LogP contribution in [0.5, 0.6) is 0 Å². The number of amides is 1. The fourth-order valence-corrected chi connectivity index (χ4v) is 3.49. The summed E-state index contributed by atoms with van der Waals surface area (Å²) in [5.41, 5.74) is 10.6. The molecule has 1 unspecified atom stereocenters. The fourth-order valence-electron chi connectivity index (χ4n) is 2.01. The summed E-state index contributed by atoms with van der Waals surface area (Å²) in [6, 6.07) is 0. The molecule has 8 heteroatoms. The molecule has 0 aromatic heterocycles. The van der Waals surface area contributed by atoms with Crippen molar-refractivity contribution in [3.8, 4) is 0 Å². The molecule has 0 aromatic carbocycles. The number of hydrogen-bond acceptors (Lipinski definition) is 4. The third kappa shape index (κ3) is 3.64. The summed E-state index contributed by atoms with van der Waals surface area (Å²) in [7, 11) is -1.97. The van der Waals surface area contributed by atoms with Crippen LogP contribution in [0.4, 0.5) is 0 Å². The molecule has 1 amide bonds. The average molecular weight is 278 g/mol. The molecule has 1 fully saturated rings. The van der Waals surface area contributed by atoms with Crippen LogP contribution < -0.4 is 11.5 Å². The van der Waals surface area contributed by atoms with Crippen LogP contribution in [0.15, 0.2) is 0 Å². The number of nitrogens with zero attached hydrogens (tertiary/aromatic N) is 2. The minimum absolute atomic E-state index is 0.185. The predicted molar refractivity (Wildman–Crippen MR) is 68.7 cm³/mol. The largest absolute Gasteiger partial charge is 0.369 e. The van der Waals surface area contributed by atoms with Crippen molar-refractivity contribution >= 4 is 16.1 Å². The van der Waals surface area contributed by atoms with Gasteiger partial charge in [0.25, 0.3) is 10.2 Å². The lowest BCUT2D eigenvalue weighted by Crippen LogP contribution is -2.49. The molecule has 0 spiro atoms. The van der Waals surface area contributed by atoms with E-state index in [2.05, 4.69) is 0 Å². The van der Waals surface area contributed by atoms with Gasteiger partial charge >= 0.3 is 0 Å². The van der Waals surface area contributed by atoms with E-state index in [1.807, 2.05) is 0 Å². The van der Waals surface area contributed by atoms with Gasteiger partial charge < -0.3 is 11.5 Å². The Bertz CT molecular complexity index is 385. The summed E-state index contributed by atoms with van der Waals surface area (Å²) in [5.74, 6) is -0.809. The van der Waals surface area contributed by atoms with Crippen molar-refractivity contribution in [3.63, 3.8) is 0 Å². The van der Waals surface area contributed by atoms with Crippen LogP contribution in [-0.4, -0.2) is 56.2 Å². The van der Waals surface area contributed by atoms with Gasteiger partial charge in [-0.1, -0.05) is 0 Å². The van der Waals surface area contributed by atoms with Crippen molar-refractivity contribution in [1.82, 2.24) is 8.61 Å². The maximum atomic E-state index is 12.2. The first-order chi connectivity index (χ1) is 8.39. The molecular formula is C10H22N4O3S. The van der Waals surface area contributed by atoms with Crippen LogP contribution >= 0.6 is 0 Å². The molecule has 1 saturated heterocycles. The predicted octanol–water partition coefficient (Wildman–Crippen LogP) is -1.29. The molecule has 1 aliphatic heterocycles. The number of rotatable bonds is 6. The molecule has 7 nitrogen and oxygen atoms in total. The van der Waals surface area contributed by atoms with Crippen molar-refractivity contribution < 1.29 is 13.2 Å². The maximum Gasteiger partial charge on any atom is 0.281 e. The summed E-state index contributed by atoms with van der Waals surface area (Å²) in [5, 5.41) is 0. The van der Waals surface area contributed by atoms with E-state index in [1.54, 1.807) is 0 Å². The molecule has 1 aliphatic rings. The van der Waals surface area contributed by atoms with Gasteiger partial charge in [-0.3, -0.25) is 4.79 Å². The average Bonchev–Trinajstić information content (AvgIpc) is 2.35. The lowest BCUT2D eigenvalue weighted by atomic mass is 9.99. The Balaban J connectivity index is 2.69. The molecule has 0 radical (unpaired) electrons. The molecular weight excluding hydrogens is 256 g/mol. The van der Waals surface area contributed by atoms with Gasteiger partial charge in [0, 0.05) is 26.7 Å². The third-order valence-corrected chi connectivity index (χ3v) is 5.14. The smallest absolute Gasteiger partial charge is 0.281 e. The van der Waals surface area contributed by atoms with Crippen LogP contribution in [0, 0.1) is 5.92 Å². The SMILES string of the molecule is CN(CCCN)S(=O)(=O)N1CCCC(C(N)=O)C1. The molecule has 0 aromatic rings. The van der Waals surface area contributed by atoms with E-state index >= 15 is 0 Å². The van der Waals surface area contributed by atoms with Crippen LogP contribution in [-0.2, 0) is 15.0 Å². The topological polar surface area (TPSA) is 110 Å². The summed E-state index contributed by atoms with van der Waals surface area (Å²) < 4.78 is 27.1. The molecule has 0 saturated carbocycles. The van der Waals surface area contributed by atoms with Crippen molar-refractivity contribution in [2.24, 2.45) is 17.4 Å². The maximum absolute atomic E-state index is 12.2. The van der Waals surface area contributed by atoms with Crippen molar-refractivity contribution in [3.05, 3.63) is 0 Å². The van der Waals surface area contributed by atoms with Gasteiger partial charge in [0.05, 0.1) is 5.92 Å². The van der Waals surface area contributed by atoms with Crippen molar-refractivity contribution in [2.75, 3.05) is 33.2 Å². The van der Waals surface area contributed by atoms with Gasteiger partial charge in [0.2, 0.25) is 5.91 Å². The summed E-state index contributed by atoms with van der Waals surface area (Å²) in [4.78, 5) is 11.1. The second-order valence-electron chi connectivity index (χ2n) is 4.57. The highest BCUT2D eigenvalue weighted by molar-refractivity contribution is 7.86. The second-order valence-corrected chi connectivity index (χ2v) is 6.61. The first-order valence-electron chi connectivity index (χ1n) is 6.10. The number of hydrogen-bond donors (Lipinski definition) is 2. The number of piperidine rings is 1. The quantitative estimate of drug-likeness (QED) is 0.630. The van der Waals surface area contributed by atoms with Gasteiger partial charge in [0.15, 0.2) is 0 Å². The number of nitrogens with two attached hydrogens (primary N) is 2. The zero-order chi connectivity index (χ0) is 13.8. The van der Waals surface area contributed by atoms with Gasteiger partial charge in [-0.25, -0.2) is 0 Å². The highest BCUT2D eigenvalue weighted by atomic mass is 32.2. The normalized spacial score (nSPS) is 22.3. The highest BCUT2D eigenvalue weighted by Crippen LogP contribution is 2.20. The zero-order valence-electron chi connectivity index (χ0n) is 10.7. The Hall–Kier alpha value is -0.700. The lowest BCUT2D eigenvalue weighted by molar-refractivity contribution is -0.122. The highest BCUT2D eigenvalue weighted by Gasteiger charge is 2.33. The van der Waals surface area contributed by atoms with Crippen LogP contribution in [0.3, 0.4) is 0 Å². The standard InChI is InChI=1S/C10H22N4O3S/c1-13(6-3-5-11)18(16,17)14-7-2-4-9(8-14)10(12)15/h9H,2-8,11H2,1H3,(H2,12,15). The number of carbonyl (C=O) groups is 1. The zero-order valence-corrected chi connectivity index (χ0v) is 11.5. The molecule has 1 heterocycles. The first kappa shape index (κ1) is 15.4. The van der Waals surface area contributed by atoms with Crippen LogP contribution in [0.1, 0.15) is 19.3 Å². The Kier molecular flexibility index (Phi) is 5.51. The fraction of sp³-hybridized carbons (Fsp3) is 0.900. The van der Waals surface area contributed by atoms with Gasteiger partial charge in [-0.2, -0.15) is 17.0 Å². The molecule has 1 rings (SSSR count). The van der Waals surface area contributed by atoms with Crippen LogP contribution in [0.25, 0.3) is 0 Å². The Labute approximate surface area is 108 Å². The van der Waals surface area contributed by atoms with E-state index < -0.39 is 16.1 Å². The molecule has 0 bridgehead atoms. The van der Waals surface area contributed by atoms with E-state index in [9.17, 15) is 13.2 Å². The second kappa shape index (κ2) is 6.46. The summed E-state index contributed by atoms with van der Waals surface area (Å²) >= 11 is 0. The number of primary amides is 1. The lowest BCUT2D eigenvalue weighted by Gasteiger charge is -2.33. The monoisotopic (exact) mass is 278 g/mol. The van der Waals surface area contributed by atoms with E-state index in [0.29, 0.717) is 38.9 Å². The van der Waals surface area contributed by atoms with E-state index in [1.165, 1.54) is 15.7 Å². The Morgan fingerprint density at radius 1 is 1.50 bits per heavy atom. The van der Waals surface area contributed by atoms with E-state index in [-0.39, 0.29) is 12.5 Å². The minimum atomic E-state index is -3.50. The molecule has 1 atom stereocenters. The van der Waals surface area contributed by atoms with Gasteiger partial charge in [-0.05, 0) is 25.8 Å². The third-order valence-electron chi connectivity index (χ3n) is 3.18. The Morgan fingerprint density at radius 3 is 2.72 bits per heavy atom. The van der Waals surface area contributed by atoms with Gasteiger partial charge in [0.1, 0.15) is 0 Å². The summed E-state index contributed by atoms with van der Waals surface area (Å²) in [6.45, 7) is 1.46. The van der Waals surface area contributed by atoms with E-state index in [0.717, 1.165) is 0 Å². The van der Waals surface area contributed by atoms with Crippen molar-refractivity contribution in [2.45, 2.75) is 19.3 Å². The molecule has 0 aliphatic carbocycles. The summed E-state index contributed by atoms with van der Waals surface area (Å²) in [6.07, 6.45) is 1.94. The van der Waals surface area contributed by atoms with Gasteiger partial charge in [-0.15, -0.1) is 0 Å². The number of carbonyl (C=O) groups excluding carboxylic acids is 1. The van der Waals surface area contributed by atoms with E-state index in [4.69, 9.17) is 11.5 Å². The van der Waals surface area contributed by atoms with Crippen molar-refractivity contribution in [1.29, 1.82) is 0 Å².